The molecule has 1 aromatic rings. The van der Waals surface area contributed by atoms with Gasteiger partial charge in [-0.3, -0.25) is 0 Å². The Kier molecular flexibility index (Phi) is 6.28. The number of hydrogen-bond acceptors (Lipinski definition) is 3. The molecule has 0 saturated heterocycles. The first-order valence-electron chi connectivity index (χ1n) is 6.36. The van der Waals surface area contributed by atoms with Gasteiger partial charge in [-0.25, -0.2) is 13.1 Å². The van der Waals surface area contributed by atoms with E-state index < -0.39 is 15.4 Å². The third kappa shape index (κ3) is 4.09. The lowest BCUT2D eigenvalue weighted by atomic mass is 9.84. The Morgan fingerprint density at radius 2 is 1.85 bits per heavy atom. The molecule has 114 valence electrons. The van der Waals surface area contributed by atoms with Gasteiger partial charge < -0.3 is 5.11 Å². The van der Waals surface area contributed by atoms with Gasteiger partial charge in [0.05, 0.1) is 5.02 Å². The smallest absolute Gasteiger partial charge is 0.242 e. The molecule has 0 aliphatic carbocycles. The lowest BCUT2D eigenvalue weighted by Crippen LogP contribution is -2.39. The van der Waals surface area contributed by atoms with E-state index in [1.807, 2.05) is 13.8 Å². The molecule has 4 nitrogen and oxygen atoms in total. The van der Waals surface area contributed by atoms with Gasteiger partial charge in [0.15, 0.2) is 0 Å². The van der Waals surface area contributed by atoms with Crippen molar-refractivity contribution in [2.75, 3.05) is 13.2 Å². The van der Waals surface area contributed by atoms with Gasteiger partial charge in [0, 0.05) is 23.6 Å². The van der Waals surface area contributed by atoms with Crippen LogP contribution in [0, 0.1) is 5.41 Å². The van der Waals surface area contributed by atoms with Crippen molar-refractivity contribution in [1.29, 1.82) is 0 Å². The van der Waals surface area contributed by atoms with Gasteiger partial charge in [0.1, 0.15) is 4.90 Å². The third-order valence-corrected chi connectivity index (χ3v) is 5.77. The fourth-order valence-corrected chi connectivity index (χ4v) is 3.71. The molecule has 0 aromatic heterocycles. The SMILES string of the molecule is CCC(CC)(CO)CNS(=O)(=O)c1cc(Cl)ccc1Cl. The molecule has 0 unspecified atom stereocenters. The van der Waals surface area contributed by atoms with Crippen LogP contribution in [0.3, 0.4) is 0 Å². The van der Waals surface area contributed by atoms with Crippen LogP contribution in [-0.2, 0) is 10.0 Å². The summed E-state index contributed by atoms with van der Waals surface area (Å²) >= 11 is 11.7. The molecule has 0 spiro atoms. The summed E-state index contributed by atoms with van der Waals surface area (Å²) in [6.45, 7) is 3.91. The number of hydrogen-bond donors (Lipinski definition) is 2. The second kappa shape index (κ2) is 7.09. The van der Waals surface area contributed by atoms with Crippen molar-refractivity contribution >= 4 is 33.2 Å². The fraction of sp³-hybridized carbons (Fsp3) is 0.538. The number of nitrogens with one attached hydrogen (secondary N) is 1. The molecule has 1 aromatic carbocycles. The Morgan fingerprint density at radius 3 is 2.35 bits per heavy atom. The first-order valence-corrected chi connectivity index (χ1v) is 8.59. The van der Waals surface area contributed by atoms with Gasteiger partial charge in [-0.1, -0.05) is 37.0 Å². The average Bonchev–Trinajstić information content (AvgIpc) is 2.43. The van der Waals surface area contributed by atoms with E-state index >= 15 is 0 Å². The molecule has 0 fully saturated rings. The van der Waals surface area contributed by atoms with Gasteiger partial charge in [-0.15, -0.1) is 0 Å². The van der Waals surface area contributed by atoms with Gasteiger partial charge in [-0.2, -0.15) is 0 Å². The number of halogens is 2. The Balaban J connectivity index is 2.98. The first kappa shape index (κ1) is 17.7. The van der Waals surface area contributed by atoms with Crippen molar-refractivity contribution in [1.82, 2.24) is 4.72 Å². The zero-order valence-corrected chi connectivity index (χ0v) is 13.8. The molecule has 0 atom stereocenters. The van der Waals surface area contributed by atoms with Crippen molar-refractivity contribution in [2.45, 2.75) is 31.6 Å². The minimum absolute atomic E-state index is 0.0503. The summed E-state index contributed by atoms with van der Waals surface area (Å²) in [6.07, 6.45) is 1.34. The molecule has 0 bridgehead atoms. The van der Waals surface area contributed by atoms with Crippen LogP contribution in [0.2, 0.25) is 10.0 Å². The molecule has 7 heteroatoms. The van der Waals surface area contributed by atoms with E-state index in [9.17, 15) is 13.5 Å². The van der Waals surface area contributed by atoms with Crippen molar-refractivity contribution in [3.05, 3.63) is 28.2 Å². The Morgan fingerprint density at radius 1 is 1.25 bits per heavy atom. The predicted molar refractivity (Wildman–Crippen MR) is 81.8 cm³/mol. The van der Waals surface area contributed by atoms with Crippen LogP contribution in [0.15, 0.2) is 23.1 Å². The van der Waals surface area contributed by atoms with Crippen molar-refractivity contribution in [2.24, 2.45) is 5.41 Å². The fourth-order valence-electron chi connectivity index (χ4n) is 1.79. The van der Waals surface area contributed by atoms with E-state index in [4.69, 9.17) is 23.2 Å². The third-order valence-electron chi connectivity index (χ3n) is 3.66. The molecule has 0 saturated carbocycles. The maximum atomic E-state index is 12.3. The molecule has 1 rings (SSSR count). The summed E-state index contributed by atoms with van der Waals surface area (Å²) in [7, 11) is -3.75. The van der Waals surface area contributed by atoms with Crippen LogP contribution in [0.4, 0.5) is 0 Å². The van der Waals surface area contributed by atoms with Crippen LogP contribution in [0.25, 0.3) is 0 Å². The number of benzene rings is 1. The van der Waals surface area contributed by atoms with E-state index in [0.29, 0.717) is 17.9 Å². The standard InChI is InChI=1S/C13H19Cl2NO3S/c1-3-13(4-2,9-17)8-16-20(18,19)12-7-10(14)5-6-11(12)15/h5-7,16-17H,3-4,8-9H2,1-2H3. The highest BCUT2D eigenvalue weighted by Crippen LogP contribution is 2.28. The largest absolute Gasteiger partial charge is 0.396 e. The molecule has 0 aliphatic rings. The molecular weight excluding hydrogens is 321 g/mol. The molecule has 0 amide bonds. The quantitative estimate of drug-likeness (QED) is 0.802. The Bertz CT molecular complexity index is 548. The highest BCUT2D eigenvalue weighted by Gasteiger charge is 2.28. The summed E-state index contributed by atoms with van der Waals surface area (Å²) in [5.41, 5.74) is -0.460. The van der Waals surface area contributed by atoms with E-state index in [1.165, 1.54) is 18.2 Å². The lowest BCUT2D eigenvalue weighted by molar-refractivity contribution is 0.119. The first-order chi connectivity index (χ1) is 9.30. The normalized spacial score (nSPS) is 12.7. The summed E-state index contributed by atoms with van der Waals surface area (Å²) in [5, 5.41) is 9.88. The Labute approximate surface area is 130 Å². The summed E-state index contributed by atoms with van der Waals surface area (Å²) in [6, 6.07) is 4.28. The minimum Gasteiger partial charge on any atom is -0.396 e. The number of rotatable bonds is 7. The van der Waals surface area contributed by atoms with Crippen LogP contribution < -0.4 is 4.72 Å². The number of aliphatic hydroxyl groups is 1. The van der Waals surface area contributed by atoms with Crippen molar-refractivity contribution in [3.8, 4) is 0 Å². The molecule has 0 aliphatic heterocycles. The van der Waals surface area contributed by atoms with E-state index in [2.05, 4.69) is 4.72 Å². The minimum atomic E-state index is -3.75. The van der Waals surface area contributed by atoms with E-state index in [1.54, 1.807) is 0 Å². The zero-order chi connectivity index (χ0) is 15.4. The van der Waals surface area contributed by atoms with Crippen molar-refractivity contribution in [3.63, 3.8) is 0 Å². The number of sulfonamides is 1. The summed E-state index contributed by atoms with van der Waals surface area (Å²) < 4.78 is 27.0. The van der Waals surface area contributed by atoms with E-state index in [-0.39, 0.29) is 23.1 Å². The second-order valence-electron chi connectivity index (χ2n) is 4.76. The van der Waals surface area contributed by atoms with Crippen LogP contribution in [0.1, 0.15) is 26.7 Å². The monoisotopic (exact) mass is 339 g/mol. The molecule has 0 radical (unpaired) electrons. The molecule has 20 heavy (non-hydrogen) atoms. The number of aliphatic hydroxyl groups excluding tert-OH is 1. The van der Waals surface area contributed by atoms with Gasteiger partial charge in [0.2, 0.25) is 10.0 Å². The maximum absolute atomic E-state index is 12.3. The second-order valence-corrected chi connectivity index (χ2v) is 7.34. The van der Waals surface area contributed by atoms with E-state index in [0.717, 1.165) is 0 Å². The topological polar surface area (TPSA) is 66.4 Å². The summed E-state index contributed by atoms with van der Waals surface area (Å²) in [5.74, 6) is 0. The van der Waals surface area contributed by atoms with Gasteiger partial charge >= 0.3 is 0 Å². The highest BCUT2D eigenvalue weighted by molar-refractivity contribution is 7.89. The van der Waals surface area contributed by atoms with Crippen molar-refractivity contribution < 1.29 is 13.5 Å². The lowest BCUT2D eigenvalue weighted by Gasteiger charge is -2.29. The maximum Gasteiger partial charge on any atom is 0.242 e. The molecular formula is C13H19Cl2NO3S. The summed E-state index contributed by atoms with van der Waals surface area (Å²) in [4.78, 5) is -0.0503. The van der Waals surface area contributed by atoms with Gasteiger partial charge in [-0.05, 0) is 31.0 Å². The zero-order valence-electron chi connectivity index (χ0n) is 11.5. The Hall–Kier alpha value is -0.330. The van der Waals surface area contributed by atoms with Crippen LogP contribution in [0.5, 0.6) is 0 Å². The average molecular weight is 340 g/mol. The highest BCUT2D eigenvalue weighted by atomic mass is 35.5. The van der Waals surface area contributed by atoms with Gasteiger partial charge in [0.25, 0.3) is 0 Å². The predicted octanol–water partition coefficient (Wildman–Crippen LogP) is 3.07. The molecule has 2 N–H and O–H groups in total. The van der Waals surface area contributed by atoms with Crippen LogP contribution in [-0.4, -0.2) is 26.7 Å². The van der Waals surface area contributed by atoms with Crippen LogP contribution >= 0.6 is 23.2 Å². The molecule has 0 heterocycles.